The highest BCUT2D eigenvalue weighted by atomic mass is 16.5. The van der Waals surface area contributed by atoms with Gasteiger partial charge in [-0.25, -0.2) is 5.43 Å². The maximum Gasteiger partial charge on any atom is 0.250 e. The highest BCUT2D eigenvalue weighted by molar-refractivity contribution is 5.81. The van der Waals surface area contributed by atoms with E-state index in [9.17, 15) is 0 Å². The molecule has 0 fully saturated rings. The maximum atomic E-state index is 5.94. The maximum absolute atomic E-state index is 5.94. The van der Waals surface area contributed by atoms with Gasteiger partial charge in [-0.3, -0.25) is 0 Å². The number of hydrazone groups is 1. The predicted molar refractivity (Wildman–Crippen MR) is 154 cm³/mol. The van der Waals surface area contributed by atoms with Crippen LogP contribution >= 0.6 is 0 Å². The Morgan fingerprint density at radius 2 is 1.23 bits per heavy atom. The molecule has 0 aliphatic rings. The molecule has 9 nitrogen and oxygen atoms in total. The number of anilines is 5. The Hall–Kier alpha value is -5.44. The van der Waals surface area contributed by atoms with Crippen molar-refractivity contribution in [2.24, 2.45) is 5.10 Å². The lowest BCUT2D eigenvalue weighted by atomic mass is 10.2. The van der Waals surface area contributed by atoms with Gasteiger partial charge in [-0.2, -0.15) is 20.1 Å². The van der Waals surface area contributed by atoms with Gasteiger partial charge in [-0.1, -0.05) is 66.7 Å². The number of nitrogens with zero attached hydrogens (tertiary/aromatic N) is 4. The van der Waals surface area contributed by atoms with Crippen molar-refractivity contribution in [3.05, 3.63) is 120 Å². The molecule has 4 aromatic carbocycles. The van der Waals surface area contributed by atoms with Gasteiger partial charge in [0, 0.05) is 11.4 Å². The van der Waals surface area contributed by atoms with Crippen LogP contribution in [0.1, 0.15) is 11.1 Å². The fourth-order valence-electron chi connectivity index (χ4n) is 3.62. The molecule has 1 aromatic heterocycles. The molecule has 0 saturated heterocycles. The first kappa shape index (κ1) is 25.2. The molecule has 0 unspecified atom stereocenters. The van der Waals surface area contributed by atoms with E-state index in [2.05, 4.69) is 36.1 Å². The largest absolute Gasteiger partial charge is 0.493 e. The Morgan fingerprint density at radius 3 is 1.82 bits per heavy atom. The zero-order valence-electron chi connectivity index (χ0n) is 21.3. The number of methoxy groups -OCH3 is 1. The number of ether oxygens (including phenoxy) is 2. The van der Waals surface area contributed by atoms with Gasteiger partial charge in [-0.05, 0) is 53.6 Å². The quantitative estimate of drug-likeness (QED) is 0.137. The molecule has 39 heavy (non-hydrogen) atoms. The third-order valence-corrected chi connectivity index (χ3v) is 5.50. The number of hydrogen-bond donors (Lipinski definition) is 3. The molecule has 9 heteroatoms. The van der Waals surface area contributed by atoms with E-state index in [4.69, 9.17) is 9.47 Å². The Balaban J connectivity index is 1.30. The van der Waals surface area contributed by atoms with Crippen LogP contribution in [-0.2, 0) is 6.61 Å². The van der Waals surface area contributed by atoms with Gasteiger partial charge in [0.25, 0.3) is 0 Å². The molecule has 0 radical (unpaired) electrons. The lowest BCUT2D eigenvalue weighted by molar-refractivity contribution is 0.284. The van der Waals surface area contributed by atoms with Crippen molar-refractivity contribution in [1.82, 2.24) is 15.0 Å². The van der Waals surface area contributed by atoms with Crippen molar-refractivity contribution in [3.63, 3.8) is 0 Å². The van der Waals surface area contributed by atoms with Crippen molar-refractivity contribution < 1.29 is 9.47 Å². The molecule has 5 rings (SSSR count). The van der Waals surface area contributed by atoms with Gasteiger partial charge in [-0.15, -0.1) is 0 Å². The average Bonchev–Trinajstić information content (AvgIpc) is 2.98. The van der Waals surface area contributed by atoms with Crippen molar-refractivity contribution in [1.29, 1.82) is 0 Å². The lowest BCUT2D eigenvalue weighted by Gasteiger charge is -2.11. The molecule has 1 heterocycles. The van der Waals surface area contributed by atoms with E-state index < -0.39 is 0 Å². The molecule has 0 saturated carbocycles. The molecule has 5 aromatic rings. The monoisotopic (exact) mass is 517 g/mol. The van der Waals surface area contributed by atoms with Crippen molar-refractivity contribution in [3.8, 4) is 11.5 Å². The van der Waals surface area contributed by atoms with E-state index in [-0.39, 0.29) is 5.95 Å². The van der Waals surface area contributed by atoms with E-state index in [1.165, 1.54) is 0 Å². The van der Waals surface area contributed by atoms with Crippen LogP contribution in [0.15, 0.2) is 114 Å². The number of nitrogens with one attached hydrogen (secondary N) is 3. The predicted octanol–water partition coefficient (Wildman–Crippen LogP) is 6.39. The number of benzene rings is 4. The summed E-state index contributed by atoms with van der Waals surface area (Å²) >= 11 is 0. The van der Waals surface area contributed by atoms with Crippen LogP contribution in [0.4, 0.5) is 29.2 Å². The summed E-state index contributed by atoms with van der Waals surface area (Å²) in [7, 11) is 1.61. The number of para-hydroxylation sites is 2. The second-order valence-corrected chi connectivity index (χ2v) is 8.34. The van der Waals surface area contributed by atoms with E-state index in [0.717, 1.165) is 22.5 Å². The highest BCUT2D eigenvalue weighted by Gasteiger charge is 2.08. The molecule has 0 aliphatic heterocycles. The van der Waals surface area contributed by atoms with Gasteiger partial charge in [0.15, 0.2) is 11.5 Å². The first-order valence-corrected chi connectivity index (χ1v) is 12.3. The molecule has 0 atom stereocenters. The van der Waals surface area contributed by atoms with Crippen LogP contribution in [0, 0.1) is 0 Å². The number of rotatable bonds is 11. The van der Waals surface area contributed by atoms with Crippen LogP contribution in [-0.4, -0.2) is 28.3 Å². The zero-order valence-corrected chi connectivity index (χ0v) is 21.3. The molecule has 0 bridgehead atoms. The normalized spacial score (nSPS) is 10.7. The molecule has 194 valence electrons. The van der Waals surface area contributed by atoms with E-state index >= 15 is 0 Å². The average molecular weight is 518 g/mol. The van der Waals surface area contributed by atoms with Crippen LogP contribution in [0.5, 0.6) is 11.5 Å². The summed E-state index contributed by atoms with van der Waals surface area (Å²) in [6, 6.07) is 34.9. The van der Waals surface area contributed by atoms with Gasteiger partial charge in [0.05, 0.1) is 13.3 Å². The molecular formula is C30H27N7O2. The van der Waals surface area contributed by atoms with E-state index in [1.807, 2.05) is 109 Å². The Bertz CT molecular complexity index is 1460. The topological polar surface area (TPSA) is 106 Å². The SMILES string of the molecule is COc1cc(C=NNc2nc(Nc3ccccc3)nc(Nc3ccccc3)n2)ccc1OCc1ccccc1. The summed E-state index contributed by atoms with van der Waals surface area (Å²) in [5.74, 6) is 2.27. The molecule has 0 aliphatic carbocycles. The highest BCUT2D eigenvalue weighted by Crippen LogP contribution is 2.28. The summed E-state index contributed by atoms with van der Waals surface area (Å²) in [6.07, 6.45) is 1.65. The standard InChI is InChI=1S/C30H27N7O2/c1-38-27-19-23(17-18-26(27)39-21-22-11-5-2-6-12-22)20-31-37-30-35-28(32-24-13-7-3-8-14-24)34-29(36-30)33-25-15-9-4-10-16-25/h2-20H,21H2,1H3,(H3,32,33,34,35,36,37). The van der Waals surface area contributed by atoms with Crippen LogP contribution in [0.2, 0.25) is 0 Å². The summed E-state index contributed by atoms with van der Waals surface area (Å²) in [5, 5.41) is 10.7. The van der Waals surface area contributed by atoms with Crippen molar-refractivity contribution in [2.45, 2.75) is 6.61 Å². The number of hydrogen-bond acceptors (Lipinski definition) is 9. The minimum atomic E-state index is 0.271. The molecular weight excluding hydrogens is 490 g/mol. The van der Waals surface area contributed by atoms with Gasteiger partial charge in [0.2, 0.25) is 17.8 Å². The molecule has 0 spiro atoms. The Morgan fingerprint density at radius 1 is 0.667 bits per heavy atom. The van der Waals surface area contributed by atoms with Crippen LogP contribution in [0.25, 0.3) is 0 Å². The summed E-state index contributed by atoms with van der Waals surface area (Å²) in [5.41, 5.74) is 6.49. The van der Waals surface area contributed by atoms with Gasteiger partial charge in [0.1, 0.15) is 6.61 Å². The fraction of sp³-hybridized carbons (Fsp3) is 0.0667. The first-order valence-electron chi connectivity index (χ1n) is 12.3. The Kier molecular flexibility index (Phi) is 8.20. The Labute approximate surface area is 226 Å². The van der Waals surface area contributed by atoms with E-state index in [1.54, 1.807) is 13.3 Å². The summed E-state index contributed by atoms with van der Waals surface area (Å²) in [6.45, 7) is 0.449. The van der Waals surface area contributed by atoms with Crippen LogP contribution in [0.3, 0.4) is 0 Å². The smallest absolute Gasteiger partial charge is 0.250 e. The van der Waals surface area contributed by atoms with Crippen molar-refractivity contribution in [2.75, 3.05) is 23.2 Å². The second-order valence-electron chi connectivity index (χ2n) is 8.34. The molecule has 0 amide bonds. The van der Waals surface area contributed by atoms with Gasteiger partial charge >= 0.3 is 0 Å². The van der Waals surface area contributed by atoms with Crippen molar-refractivity contribution >= 4 is 35.4 Å². The summed E-state index contributed by atoms with van der Waals surface area (Å²) < 4.78 is 11.5. The van der Waals surface area contributed by atoms with E-state index in [0.29, 0.717) is 30.0 Å². The minimum Gasteiger partial charge on any atom is -0.493 e. The molecule has 3 N–H and O–H groups in total. The third-order valence-electron chi connectivity index (χ3n) is 5.50. The lowest BCUT2D eigenvalue weighted by Crippen LogP contribution is -2.07. The minimum absolute atomic E-state index is 0.271. The second kappa shape index (κ2) is 12.7. The summed E-state index contributed by atoms with van der Waals surface area (Å²) in [4.78, 5) is 13.4. The first-order chi connectivity index (χ1) is 19.2. The number of aromatic nitrogens is 3. The van der Waals surface area contributed by atoms with Gasteiger partial charge < -0.3 is 20.1 Å². The van der Waals surface area contributed by atoms with Crippen LogP contribution < -0.4 is 25.5 Å². The third kappa shape index (κ3) is 7.30. The fourth-order valence-corrected chi connectivity index (χ4v) is 3.62. The zero-order chi connectivity index (χ0) is 26.7.